The Morgan fingerprint density at radius 3 is 2.68 bits per heavy atom. The zero-order valence-corrected chi connectivity index (χ0v) is 15.0. The summed E-state index contributed by atoms with van der Waals surface area (Å²) in [5.74, 6) is 0.639. The topological polar surface area (TPSA) is 94.6 Å². The highest BCUT2D eigenvalue weighted by Crippen LogP contribution is 2.36. The molecule has 0 radical (unpaired) electrons. The van der Waals surface area contributed by atoms with Gasteiger partial charge in [-0.1, -0.05) is 32.1 Å². The number of nitrogens with two attached hydrogens (primary N) is 2. The second kappa shape index (κ2) is 6.67. The van der Waals surface area contributed by atoms with Crippen molar-refractivity contribution in [3.63, 3.8) is 0 Å². The molecule has 0 spiro atoms. The summed E-state index contributed by atoms with van der Waals surface area (Å²) in [7, 11) is 0. The zero-order valence-electron chi connectivity index (χ0n) is 14.2. The normalized spacial score (nSPS) is 23.6. The smallest absolute Gasteiger partial charge is 0.260 e. The molecule has 1 saturated carbocycles. The van der Waals surface area contributed by atoms with Crippen molar-refractivity contribution in [2.24, 2.45) is 16.6 Å². The van der Waals surface area contributed by atoms with Gasteiger partial charge in [0.25, 0.3) is 5.91 Å². The zero-order chi connectivity index (χ0) is 17.4. The van der Waals surface area contributed by atoms with Gasteiger partial charge >= 0.3 is 0 Å². The third kappa shape index (κ3) is 2.88. The van der Waals surface area contributed by atoms with E-state index in [-0.39, 0.29) is 12.0 Å². The maximum atomic E-state index is 11.8. The molecule has 1 amide bonds. The van der Waals surface area contributed by atoms with E-state index in [9.17, 15) is 4.79 Å². The van der Waals surface area contributed by atoms with E-state index in [0.717, 1.165) is 34.1 Å². The molecule has 2 atom stereocenters. The Kier molecular flexibility index (Phi) is 4.37. The molecule has 2 aliphatic rings. The predicted molar refractivity (Wildman–Crippen MR) is 98.8 cm³/mol. The number of carbonyl (C=O) groups excluding carboxylic acids is 1. The molecule has 0 aromatic carbocycles. The Labute approximate surface area is 150 Å². The van der Waals surface area contributed by atoms with Crippen LogP contribution in [0.15, 0.2) is 27.8 Å². The van der Waals surface area contributed by atoms with Gasteiger partial charge in [0.1, 0.15) is 15.3 Å². The van der Waals surface area contributed by atoms with Crippen LogP contribution in [0.1, 0.15) is 60.4 Å². The molecule has 1 fully saturated rings. The number of furan rings is 1. The number of thiophene rings is 1. The minimum absolute atomic E-state index is 0.226. The lowest BCUT2D eigenvalue weighted by molar-refractivity contribution is 0.100. The van der Waals surface area contributed by atoms with Crippen molar-refractivity contribution in [2.45, 2.75) is 51.0 Å². The number of rotatable bonds is 2. The minimum atomic E-state index is -0.486. The van der Waals surface area contributed by atoms with E-state index in [1.165, 1.54) is 43.4 Å². The fourth-order valence-electron chi connectivity index (χ4n) is 4.17. The minimum Gasteiger partial charge on any atom is -0.465 e. The molecule has 25 heavy (non-hydrogen) atoms. The number of amides is 1. The van der Waals surface area contributed by atoms with Crippen LogP contribution >= 0.6 is 11.3 Å². The van der Waals surface area contributed by atoms with Crippen molar-refractivity contribution in [1.29, 1.82) is 0 Å². The first kappa shape index (κ1) is 16.4. The summed E-state index contributed by atoms with van der Waals surface area (Å²) in [5, 5.41) is 0.870. The van der Waals surface area contributed by atoms with Crippen LogP contribution in [-0.4, -0.2) is 11.9 Å². The summed E-state index contributed by atoms with van der Waals surface area (Å²) < 4.78 is 6.59. The van der Waals surface area contributed by atoms with Crippen LogP contribution in [0.25, 0.3) is 5.57 Å². The molecule has 2 unspecified atom stereocenters. The van der Waals surface area contributed by atoms with Crippen LogP contribution in [0.2, 0.25) is 0 Å². The van der Waals surface area contributed by atoms with Crippen LogP contribution in [-0.2, 0) is 0 Å². The number of hydrogen-bond acceptors (Lipinski definition) is 5. The summed E-state index contributed by atoms with van der Waals surface area (Å²) in [6.45, 7) is 0. The van der Waals surface area contributed by atoms with Crippen LogP contribution in [0, 0.1) is 5.92 Å². The van der Waals surface area contributed by atoms with Gasteiger partial charge in [-0.25, -0.2) is 0 Å². The van der Waals surface area contributed by atoms with Gasteiger partial charge in [-0.05, 0) is 25.0 Å². The maximum Gasteiger partial charge on any atom is 0.260 e. The van der Waals surface area contributed by atoms with E-state index in [1.54, 1.807) is 6.26 Å². The molecule has 0 saturated heterocycles. The van der Waals surface area contributed by atoms with Crippen LogP contribution in [0.3, 0.4) is 0 Å². The van der Waals surface area contributed by atoms with Crippen molar-refractivity contribution in [2.75, 3.05) is 5.73 Å². The van der Waals surface area contributed by atoms with E-state index in [1.807, 2.05) is 12.1 Å². The fourth-order valence-corrected chi connectivity index (χ4v) is 5.19. The van der Waals surface area contributed by atoms with Gasteiger partial charge in [0.2, 0.25) is 0 Å². The van der Waals surface area contributed by atoms with E-state index in [0.29, 0.717) is 10.6 Å². The van der Waals surface area contributed by atoms with Crippen molar-refractivity contribution in [3.05, 3.63) is 38.9 Å². The van der Waals surface area contributed by atoms with Crippen molar-refractivity contribution in [1.82, 2.24) is 0 Å². The van der Waals surface area contributed by atoms with Crippen molar-refractivity contribution in [3.8, 4) is 0 Å². The predicted octanol–water partition coefficient (Wildman–Crippen LogP) is 2.58. The molecular weight excluding hydrogens is 334 g/mol. The molecule has 2 aromatic rings. The number of anilines is 1. The third-order valence-electron chi connectivity index (χ3n) is 5.34. The SMILES string of the molecule is NC(=O)c1sc2c(c1N)=C(c1ccco1)C1CCCCCCCC1N=2. The number of nitrogen functional groups attached to an aromatic ring is 1. The van der Waals surface area contributed by atoms with E-state index in [4.69, 9.17) is 20.9 Å². The van der Waals surface area contributed by atoms with Gasteiger partial charge in [-0.2, -0.15) is 0 Å². The molecule has 1 aliphatic carbocycles. The lowest BCUT2D eigenvalue weighted by Gasteiger charge is -2.27. The van der Waals surface area contributed by atoms with Gasteiger partial charge in [0, 0.05) is 16.7 Å². The number of primary amides is 1. The Morgan fingerprint density at radius 1 is 1.20 bits per heavy atom. The molecule has 3 heterocycles. The Hall–Kier alpha value is -2.08. The van der Waals surface area contributed by atoms with E-state index < -0.39 is 5.91 Å². The quantitative estimate of drug-likeness (QED) is 0.865. The Bertz CT molecular complexity index is 898. The molecule has 0 bridgehead atoms. The molecule has 4 N–H and O–H groups in total. The van der Waals surface area contributed by atoms with Crippen LogP contribution in [0.5, 0.6) is 0 Å². The Balaban J connectivity index is 1.98. The molecular formula is C19H23N3O2S. The summed E-state index contributed by atoms with van der Waals surface area (Å²) in [6, 6.07) is 4.11. The Morgan fingerprint density at radius 2 is 1.96 bits per heavy atom. The fraction of sp³-hybridized carbons (Fsp3) is 0.474. The highest BCUT2D eigenvalue weighted by atomic mass is 32.1. The van der Waals surface area contributed by atoms with Gasteiger partial charge < -0.3 is 15.9 Å². The molecule has 1 aliphatic heterocycles. The van der Waals surface area contributed by atoms with Gasteiger partial charge in [-0.15, -0.1) is 11.3 Å². The number of hydrogen-bond donors (Lipinski definition) is 2. The number of nitrogens with zero attached hydrogens (tertiary/aromatic N) is 1. The van der Waals surface area contributed by atoms with Gasteiger partial charge in [-0.3, -0.25) is 9.79 Å². The van der Waals surface area contributed by atoms with Crippen molar-refractivity contribution < 1.29 is 9.21 Å². The lowest BCUT2D eigenvalue weighted by atomic mass is 9.82. The highest BCUT2D eigenvalue weighted by Gasteiger charge is 2.33. The monoisotopic (exact) mass is 357 g/mol. The molecule has 132 valence electrons. The largest absolute Gasteiger partial charge is 0.465 e. The summed E-state index contributed by atoms with van der Waals surface area (Å²) in [6.07, 6.45) is 10.0. The molecule has 6 heteroatoms. The van der Waals surface area contributed by atoms with Crippen LogP contribution < -0.4 is 21.4 Å². The summed E-state index contributed by atoms with van der Waals surface area (Å²) >= 11 is 1.32. The first-order valence-corrected chi connectivity index (χ1v) is 9.82. The van der Waals surface area contributed by atoms with Crippen molar-refractivity contribution >= 4 is 28.5 Å². The number of fused-ring (bicyclic) bond motifs is 2. The second-order valence-electron chi connectivity index (χ2n) is 6.93. The first-order chi connectivity index (χ1) is 12.2. The third-order valence-corrected chi connectivity index (χ3v) is 6.47. The lowest BCUT2D eigenvalue weighted by Crippen LogP contribution is -2.38. The second-order valence-corrected chi connectivity index (χ2v) is 7.93. The highest BCUT2D eigenvalue weighted by molar-refractivity contribution is 7.12. The van der Waals surface area contributed by atoms with Crippen LogP contribution in [0.4, 0.5) is 5.69 Å². The molecule has 5 nitrogen and oxygen atoms in total. The molecule has 2 aromatic heterocycles. The maximum absolute atomic E-state index is 11.8. The molecule has 4 rings (SSSR count). The van der Waals surface area contributed by atoms with E-state index >= 15 is 0 Å². The summed E-state index contributed by atoms with van der Waals surface area (Å²) in [4.78, 5) is 17.2. The van der Waals surface area contributed by atoms with Gasteiger partial charge in [0.15, 0.2) is 0 Å². The average Bonchev–Trinajstić information content (AvgIpc) is 3.23. The first-order valence-electron chi connectivity index (χ1n) is 9.01. The average molecular weight is 357 g/mol. The number of carbonyl (C=O) groups is 1. The van der Waals surface area contributed by atoms with Gasteiger partial charge in [0.05, 0.1) is 18.0 Å². The summed E-state index contributed by atoms with van der Waals surface area (Å²) in [5.41, 5.74) is 13.4. The standard InChI is InChI=1S/C19H23N3O2S/c20-16-15-14(13-9-6-10-24-13)11-7-4-2-1-3-5-8-12(11)22-19(15)25-17(16)18(21)23/h6,9-12H,1-5,7-8,20H2,(H2,21,23). The van der Waals surface area contributed by atoms with E-state index in [2.05, 4.69) is 0 Å².